The molecule has 1 atom stereocenters. The van der Waals surface area contributed by atoms with E-state index in [1.54, 1.807) is 28.0 Å². The van der Waals surface area contributed by atoms with Crippen LogP contribution in [0.3, 0.4) is 0 Å². The largest absolute Gasteiger partial charge is 0.358 e. The van der Waals surface area contributed by atoms with Crippen molar-refractivity contribution in [3.05, 3.63) is 76.1 Å². The average Bonchev–Trinajstić information content (AvgIpc) is 3.24. The Morgan fingerprint density at radius 2 is 2.04 bits per heavy atom. The fourth-order valence-electron chi connectivity index (χ4n) is 2.61. The molecule has 3 aromatic heterocycles. The van der Waals surface area contributed by atoms with Crippen LogP contribution >= 0.6 is 11.3 Å². The van der Waals surface area contributed by atoms with Gasteiger partial charge in [-0.2, -0.15) is 14.6 Å². The molecule has 4 rings (SSSR count). The van der Waals surface area contributed by atoms with Gasteiger partial charge in [-0.05, 0) is 36.1 Å². The molecule has 1 N–H and O–H groups in total. The minimum absolute atomic E-state index is 0.111. The molecule has 0 fully saturated rings. The molecule has 0 spiro atoms. The highest BCUT2D eigenvalue weighted by atomic mass is 32.1. The number of nitrogens with zero attached hydrogens (tertiary/aromatic N) is 4. The van der Waals surface area contributed by atoms with Crippen LogP contribution in [0.4, 0.5) is 10.2 Å². The summed E-state index contributed by atoms with van der Waals surface area (Å²) in [5, 5.41) is 9.75. The van der Waals surface area contributed by atoms with E-state index in [2.05, 4.69) is 26.4 Å². The first-order valence-corrected chi connectivity index (χ1v) is 8.31. The van der Waals surface area contributed by atoms with Gasteiger partial charge in [0.25, 0.3) is 5.78 Å². The number of nitrogens with one attached hydrogen (secondary N) is 1. The van der Waals surface area contributed by atoms with Gasteiger partial charge in [-0.15, -0.1) is 11.3 Å². The van der Waals surface area contributed by atoms with E-state index in [4.69, 9.17) is 0 Å². The van der Waals surface area contributed by atoms with Gasteiger partial charge >= 0.3 is 0 Å². The number of hydrogen-bond acceptors (Lipinski definition) is 5. The van der Waals surface area contributed by atoms with Crippen molar-refractivity contribution in [2.75, 3.05) is 5.32 Å². The summed E-state index contributed by atoms with van der Waals surface area (Å²) in [6, 6.07) is 12.4. The maximum Gasteiger partial charge on any atom is 0.254 e. The van der Waals surface area contributed by atoms with Crippen molar-refractivity contribution in [2.24, 2.45) is 0 Å². The molecule has 0 unspecified atom stereocenters. The van der Waals surface area contributed by atoms with E-state index in [0.717, 1.165) is 22.0 Å². The maximum atomic E-state index is 13.3. The molecule has 4 aromatic rings. The summed E-state index contributed by atoms with van der Waals surface area (Å²) in [6.45, 7) is 1.91. The quantitative estimate of drug-likeness (QED) is 0.614. The van der Waals surface area contributed by atoms with Gasteiger partial charge in [0, 0.05) is 16.6 Å². The second kappa shape index (κ2) is 6.01. The number of thiophene rings is 1. The number of halogens is 1. The normalized spacial score (nSPS) is 12.4. The van der Waals surface area contributed by atoms with E-state index < -0.39 is 0 Å². The summed E-state index contributed by atoms with van der Waals surface area (Å²) < 4.78 is 15.0. The molecule has 24 heavy (non-hydrogen) atoms. The van der Waals surface area contributed by atoms with Crippen LogP contribution in [0.25, 0.3) is 5.78 Å². The molecule has 0 radical (unpaired) electrons. The highest BCUT2D eigenvalue weighted by Gasteiger charge is 2.17. The average molecular weight is 339 g/mol. The molecule has 0 saturated heterocycles. The maximum absolute atomic E-state index is 13.3. The summed E-state index contributed by atoms with van der Waals surface area (Å²) in [5.41, 5.74) is 1.82. The monoisotopic (exact) mass is 339 g/mol. The molecule has 0 bridgehead atoms. The van der Waals surface area contributed by atoms with Crippen molar-refractivity contribution < 1.29 is 4.39 Å². The van der Waals surface area contributed by atoms with Crippen LogP contribution in [0.1, 0.15) is 22.2 Å². The SMILES string of the molecule is Cc1cc(N[C@@H](c2ccc(F)cc2)c2cccs2)n2ncnc2n1. The number of hydrogen-bond donors (Lipinski definition) is 1. The molecule has 0 saturated carbocycles. The molecule has 5 nitrogen and oxygen atoms in total. The highest BCUT2D eigenvalue weighted by Crippen LogP contribution is 2.30. The Labute approximate surface area is 141 Å². The highest BCUT2D eigenvalue weighted by molar-refractivity contribution is 7.10. The number of aryl methyl sites for hydroxylation is 1. The molecular formula is C17H14FN5S. The number of rotatable bonds is 4. The first-order chi connectivity index (χ1) is 11.7. The zero-order valence-electron chi connectivity index (χ0n) is 12.8. The topological polar surface area (TPSA) is 55.1 Å². The van der Waals surface area contributed by atoms with Crippen LogP contribution in [-0.4, -0.2) is 19.6 Å². The van der Waals surface area contributed by atoms with E-state index in [9.17, 15) is 4.39 Å². The molecule has 1 aromatic carbocycles. The van der Waals surface area contributed by atoms with Crippen molar-refractivity contribution in [2.45, 2.75) is 13.0 Å². The number of anilines is 1. The van der Waals surface area contributed by atoms with Gasteiger partial charge in [-0.25, -0.2) is 9.37 Å². The second-order valence-electron chi connectivity index (χ2n) is 5.40. The Kier molecular flexibility index (Phi) is 3.70. The smallest absolute Gasteiger partial charge is 0.254 e. The zero-order chi connectivity index (χ0) is 16.5. The van der Waals surface area contributed by atoms with Gasteiger partial charge in [0.1, 0.15) is 18.0 Å². The molecule has 7 heteroatoms. The number of benzene rings is 1. The summed E-state index contributed by atoms with van der Waals surface area (Å²) in [5.74, 6) is 1.08. The minimum atomic E-state index is -0.248. The minimum Gasteiger partial charge on any atom is -0.358 e. The molecule has 0 aliphatic rings. The number of fused-ring (bicyclic) bond motifs is 1. The summed E-state index contributed by atoms with van der Waals surface area (Å²) >= 11 is 1.64. The fourth-order valence-corrected chi connectivity index (χ4v) is 3.41. The Morgan fingerprint density at radius 3 is 2.79 bits per heavy atom. The van der Waals surface area contributed by atoms with Gasteiger partial charge in [-0.3, -0.25) is 0 Å². The standard InChI is InChI=1S/C17H14FN5S/c1-11-9-15(23-17(21-11)19-10-20-23)22-16(14-3-2-8-24-14)12-4-6-13(18)7-5-12/h2-10,16,22H,1H3/t16-/m0/s1. The third-order valence-electron chi connectivity index (χ3n) is 3.70. The van der Waals surface area contributed by atoms with Gasteiger partial charge in [0.2, 0.25) is 0 Å². The summed E-state index contributed by atoms with van der Waals surface area (Å²) in [7, 11) is 0. The van der Waals surface area contributed by atoms with Crippen LogP contribution in [0, 0.1) is 12.7 Å². The van der Waals surface area contributed by atoms with E-state index in [1.807, 2.05) is 24.4 Å². The molecule has 3 heterocycles. The van der Waals surface area contributed by atoms with E-state index in [-0.39, 0.29) is 11.9 Å². The Hall–Kier alpha value is -2.80. The lowest BCUT2D eigenvalue weighted by molar-refractivity contribution is 0.626. The molecule has 120 valence electrons. The van der Waals surface area contributed by atoms with E-state index >= 15 is 0 Å². The van der Waals surface area contributed by atoms with Gasteiger partial charge < -0.3 is 5.32 Å². The van der Waals surface area contributed by atoms with Crippen molar-refractivity contribution >= 4 is 22.9 Å². The molecule has 0 aliphatic heterocycles. The fraction of sp³-hybridized carbons (Fsp3) is 0.118. The first kappa shape index (κ1) is 14.8. The van der Waals surface area contributed by atoms with Crippen molar-refractivity contribution in [3.8, 4) is 0 Å². The Balaban J connectivity index is 1.79. The van der Waals surface area contributed by atoms with Crippen LogP contribution in [0.15, 0.2) is 54.2 Å². The van der Waals surface area contributed by atoms with Crippen LogP contribution < -0.4 is 5.32 Å². The molecule has 0 aliphatic carbocycles. The van der Waals surface area contributed by atoms with Gasteiger partial charge in [0.15, 0.2) is 0 Å². The first-order valence-electron chi connectivity index (χ1n) is 7.43. The van der Waals surface area contributed by atoms with Crippen molar-refractivity contribution in [1.29, 1.82) is 0 Å². The van der Waals surface area contributed by atoms with E-state index in [0.29, 0.717) is 5.78 Å². The van der Waals surface area contributed by atoms with Crippen molar-refractivity contribution in [1.82, 2.24) is 19.6 Å². The summed E-state index contributed by atoms with van der Waals surface area (Å²) in [6.07, 6.45) is 1.48. The Bertz CT molecular complexity index is 962. The lowest BCUT2D eigenvalue weighted by atomic mass is 10.1. The van der Waals surface area contributed by atoms with Gasteiger partial charge in [0.05, 0.1) is 6.04 Å². The number of aromatic nitrogens is 4. The molecule has 0 amide bonds. The zero-order valence-corrected chi connectivity index (χ0v) is 13.7. The third-order valence-corrected chi connectivity index (χ3v) is 4.64. The van der Waals surface area contributed by atoms with Crippen LogP contribution in [-0.2, 0) is 0 Å². The Morgan fingerprint density at radius 1 is 1.21 bits per heavy atom. The van der Waals surface area contributed by atoms with Crippen molar-refractivity contribution in [3.63, 3.8) is 0 Å². The second-order valence-corrected chi connectivity index (χ2v) is 6.38. The van der Waals surface area contributed by atoms with Crippen LogP contribution in [0.2, 0.25) is 0 Å². The summed E-state index contributed by atoms with van der Waals surface area (Å²) in [4.78, 5) is 9.63. The predicted molar refractivity (Wildman–Crippen MR) is 91.7 cm³/mol. The lowest BCUT2D eigenvalue weighted by Crippen LogP contribution is -2.14. The third kappa shape index (κ3) is 2.74. The lowest BCUT2D eigenvalue weighted by Gasteiger charge is -2.20. The van der Waals surface area contributed by atoms with Crippen LogP contribution in [0.5, 0.6) is 0 Å². The predicted octanol–water partition coefficient (Wildman–Crippen LogP) is 3.83. The van der Waals surface area contributed by atoms with E-state index in [1.165, 1.54) is 18.5 Å². The van der Waals surface area contributed by atoms with Gasteiger partial charge in [-0.1, -0.05) is 18.2 Å². The molecular weight excluding hydrogens is 325 g/mol.